The van der Waals surface area contributed by atoms with Crippen LogP contribution in [-0.2, 0) is 9.53 Å². The molecule has 0 heterocycles. The third-order valence-corrected chi connectivity index (χ3v) is 4.68. The Morgan fingerprint density at radius 2 is 1.81 bits per heavy atom. The second-order valence-corrected chi connectivity index (χ2v) is 9.06. The molecule has 0 amide bonds. The van der Waals surface area contributed by atoms with E-state index in [1.54, 1.807) is 0 Å². The third-order valence-electron chi connectivity index (χ3n) is 4.68. The lowest BCUT2D eigenvalue weighted by molar-refractivity contribution is -0.148. The number of carbonyl (C=O) groups is 1. The minimum atomic E-state index is -0.480. The van der Waals surface area contributed by atoms with Crippen molar-refractivity contribution in [2.75, 3.05) is 0 Å². The highest BCUT2D eigenvalue weighted by molar-refractivity contribution is 5.83. The van der Waals surface area contributed by atoms with Crippen molar-refractivity contribution in [3.05, 3.63) is 58.7 Å². The number of hydrogen-bond donors (Lipinski definition) is 1. The molecule has 1 aliphatic carbocycles. The summed E-state index contributed by atoms with van der Waals surface area (Å²) in [5.74, 6) is -0.328. The van der Waals surface area contributed by atoms with Crippen LogP contribution in [0.15, 0.2) is 58.7 Å². The number of aliphatic hydroxyl groups is 1. The molecule has 3 nitrogen and oxygen atoms in total. The van der Waals surface area contributed by atoms with Crippen molar-refractivity contribution in [1.29, 1.82) is 0 Å². The molecule has 0 radical (unpaired) electrons. The molecule has 0 saturated heterocycles. The third kappa shape index (κ3) is 8.13. The van der Waals surface area contributed by atoms with Gasteiger partial charge in [0.2, 0.25) is 0 Å². The van der Waals surface area contributed by atoms with Gasteiger partial charge in [0.05, 0.1) is 6.10 Å². The van der Waals surface area contributed by atoms with Gasteiger partial charge in [0.25, 0.3) is 0 Å². The zero-order valence-corrected chi connectivity index (χ0v) is 18.2. The number of esters is 1. The van der Waals surface area contributed by atoms with Crippen LogP contribution in [-0.4, -0.2) is 22.8 Å². The highest BCUT2D eigenvalue weighted by Gasteiger charge is 2.30. The highest BCUT2D eigenvalue weighted by Crippen LogP contribution is 2.40. The quantitative estimate of drug-likeness (QED) is 0.375. The van der Waals surface area contributed by atoms with Crippen LogP contribution in [0, 0.1) is 5.41 Å². The van der Waals surface area contributed by atoms with E-state index >= 15 is 0 Å². The first-order valence-corrected chi connectivity index (χ1v) is 9.65. The van der Waals surface area contributed by atoms with Gasteiger partial charge in [0.15, 0.2) is 0 Å². The highest BCUT2D eigenvalue weighted by atomic mass is 16.6. The van der Waals surface area contributed by atoms with Crippen LogP contribution in [0.3, 0.4) is 0 Å². The van der Waals surface area contributed by atoms with E-state index in [-0.39, 0.29) is 17.5 Å². The molecule has 0 saturated carbocycles. The van der Waals surface area contributed by atoms with Crippen LogP contribution in [0.1, 0.15) is 68.2 Å². The number of rotatable bonds is 5. The summed E-state index contributed by atoms with van der Waals surface area (Å²) < 4.78 is 5.28. The molecule has 0 aromatic heterocycles. The average Bonchev–Trinajstić information content (AvgIpc) is 2.49. The Hall–Kier alpha value is -1.87. The minimum absolute atomic E-state index is 0.0860. The first kappa shape index (κ1) is 23.2. The number of hydrogen-bond acceptors (Lipinski definition) is 3. The number of carbonyl (C=O) groups excluding carboxylic acids is 1. The van der Waals surface area contributed by atoms with Crippen LogP contribution in [0.4, 0.5) is 0 Å². The summed E-state index contributed by atoms with van der Waals surface area (Å²) >= 11 is 0. The van der Waals surface area contributed by atoms with Crippen molar-refractivity contribution in [2.24, 2.45) is 5.41 Å². The standard InChI is InChI=1S/C24H36O3/c1-17(10-9-11-18(2)16-22(26)27-23(4,5)6)12-13-20-19(3)21(25)14-15-24(20,7)8/h9-13,16,21,25H,14-15H2,1-8H3/b11-9+,13-12+,17-10+,18-16+. The summed E-state index contributed by atoms with van der Waals surface area (Å²) in [6.07, 6.45) is 13.0. The van der Waals surface area contributed by atoms with Crippen molar-refractivity contribution in [3.8, 4) is 0 Å². The smallest absolute Gasteiger partial charge is 0.331 e. The topological polar surface area (TPSA) is 46.5 Å². The van der Waals surface area contributed by atoms with Gasteiger partial charge in [-0.25, -0.2) is 4.79 Å². The fourth-order valence-electron chi connectivity index (χ4n) is 3.11. The van der Waals surface area contributed by atoms with E-state index in [9.17, 15) is 9.90 Å². The molecule has 1 rings (SSSR count). The molecule has 0 fully saturated rings. The zero-order valence-electron chi connectivity index (χ0n) is 18.2. The summed E-state index contributed by atoms with van der Waals surface area (Å²) in [7, 11) is 0. The second kappa shape index (κ2) is 9.36. The lowest BCUT2D eigenvalue weighted by Gasteiger charge is -2.35. The molecule has 3 heteroatoms. The van der Waals surface area contributed by atoms with Crippen LogP contribution in [0.5, 0.6) is 0 Å². The first-order chi connectivity index (χ1) is 12.3. The van der Waals surface area contributed by atoms with Crippen molar-refractivity contribution in [3.63, 3.8) is 0 Å². The van der Waals surface area contributed by atoms with E-state index in [1.807, 2.05) is 59.8 Å². The summed E-state index contributed by atoms with van der Waals surface area (Å²) in [6.45, 7) is 16.0. The van der Waals surface area contributed by atoms with Crippen LogP contribution >= 0.6 is 0 Å². The Bertz CT molecular complexity index is 692. The van der Waals surface area contributed by atoms with Crippen LogP contribution in [0.2, 0.25) is 0 Å². The Morgan fingerprint density at radius 1 is 1.19 bits per heavy atom. The average molecular weight is 373 g/mol. The predicted molar refractivity (Wildman–Crippen MR) is 113 cm³/mol. The monoisotopic (exact) mass is 372 g/mol. The molecule has 1 N–H and O–H groups in total. The van der Waals surface area contributed by atoms with Gasteiger partial charge in [-0.1, -0.05) is 49.8 Å². The number of aliphatic hydroxyl groups excluding tert-OH is 1. The molecule has 27 heavy (non-hydrogen) atoms. The van der Waals surface area contributed by atoms with Crippen LogP contribution < -0.4 is 0 Å². The van der Waals surface area contributed by atoms with E-state index in [0.29, 0.717) is 0 Å². The molecule has 0 aromatic rings. The Kier molecular flexibility index (Phi) is 8.04. The molecule has 1 aliphatic rings. The van der Waals surface area contributed by atoms with Crippen molar-refractivity contribution < 1.29 is 14.6 Å². The zero-order chi connectivity index (χ0) is 20.8. The fourth-order valence-corrected chi connectivity index (χ4v) is 3.11. The van der Waals surface area contributed by atoms with E-state index in [2.05, 4.69) is 26.0 Å². The molecule has 0 spiro atoms. The van der Waals surface area contributed by atoms with Gasteiger partial charge in [0, 0.05) is 6.08 Å². The minimum Gasteiger partial charge on any atom is -0.457 e. The van der Waals surface area contributed by atoms with E-state index in [0.717, 1.165) is 29.6 Å². The fraction of sp³-hybridized carbons (Fsp3) is 0.542. The number of ether oxygens (including phenoxy) is 1. The lowest BCUT2D eigenvalue weighted by Crippen LogP contribution is -2.27. The van der Waals surface area contributed by atoms with Crippen molar-refractivity contribution in [1.82, 2.24) is 0 Å². The van der Waals surface area contributed by atoms with Gasteiger partial charge in [-0.2, -0.15) is 0 Å². The normalized spacial score (nSPS) is 22.0. The molecular formula is C24H36O3. The van der Waals surface area contributed by atoms with Gasteiger partial charge in [-0.05, 0) is 76.5 Å². The Balaban J connectivity index is 2.79. The molecule has 0 bridgehead atoms. The largest absolute Gasteiger partial charge is 0.457 e. The van der Waals surface area contributed by atoms with Gasteiger partial charge in [-0.3, -0.25) is 0 Å². The number of allylic oxidation sites excluding steroid dienone is 8. The summed E-state index contributed by atoms with van der Waals surface area (Å²) in [5, 5.41) is 10.1. The first-order valence-electron chi connectivity index (χ1n) is 9.65. The lowest BCUT2D eigenvalue weighted by atomic mass is 9.71. The maximum Gasteiger partial charge on any atom is 0.331 e. The molecule has 150 valence electrons. The Morgan fingerprint density at radius 3 is 2.41 bits per heavy atom. The van der Waals surface area contributed by atoms with Gasteiger partial charge < -0.3 is 9.84 Å². The van der Waals surface area contributed by atoms with E-state index in [4.69, 9.17) is 4.74 Å². The van der Waals surface area contributed by atoms with Crippen molar-refractivity contribution in [2.45, 2.75) is 79.9 Å². The van der Waals surface area contributed by atoms with Gasteiger partial charge >= 0.3 is 5.97 Å². The maximum absolute atomic E-state index is 11.8. The van der Waals surface area contributed by atoms with Gasteiger partial charge in [0.1, 0.15) is 5.60 Å². The molecule has 0 aromatic carbocycles. The summed E-state index contributed by atoms with van der Waals surface area (Å²) in [6, 6.07) is 0. The maximum atomic E-state index is 11.8. The van der Waals surface area contributed by atoms with Gasteiger partial charge in [-0.15, -0.1) is 0 Å². The van der Waals surface area contributed by atoms with E-state index in [1.165, 1.54) is 11.6 Å². The van der Waals surface area contributed by atoms with Crippen molar-refractivity contribution >= 4 is 5.97 Å². The molecule has 0 aliphatic heterocycles. The predicted octanol–water partition coefficient (Wildman–Crippen LogP) is 5.83. The SMILES string of the molecule is CC1=C(/C=C/C(C)=C/C=C/C(C)=C/C(=O)OC(C)(C)C)C(C)(C)CCC1O. The Labute approximate surface area is 165 Å². The summed E-state index contributed by atoms with van der Waals surface area (Å²) in [4.78, 5) is 11.8. The molecule has 1 atom stereocenters. The second-order valence-electron chi connectivity index (χ2n) is 9.06. The molecule has 1 unspecified atom stereocenters. The van der Waals surface area contributed by atoms with Crippen LogP contribution in [0.25, 0.3) is 0 Å². The summed E-state index contributed by atoms with van der Waals surface area (Å²) in [5.41, 5.74) is 3.84. The molecular weight excluding hydrogens is 336 g/mol. The van der Waals surface area contributed by atoms with E-state index < -0.39 is 5.60 Å².